The highest BCUT2D eigenvalue weighted by Gasteiger charge is 2.18. The predicted octanol–water partition coefficient (Wildman–Crippen LogP) is 2.20. The third kappa shape index (κ3) is 5.51. The number of rotatable bonds is 7. The second kappa shape index (κ2) is 9.25. The number of aryl methyl sites for hydroxylation is 1. The SMILES string of the molecule is CCNC(=NCc1ccc(F)c(C)c1)NCCCN1CCCC1=O. The molecule has 1 aromatic rings. The minimum Gasteiger partial charge on any atom is -0.357 e. The van der Waals surface area contributed by atoms with Crippen LogP contribution in [-0.4, -0.2) is 42.9 Å². The van der Waals surface area contributed by atoms with Gasteiger partial charge in [0.1, 0.15) is 5.82 Å². The number of carbonyl (C=O) groups is 1. The van der Waals surface area contributed by atoms with Gasteiger partial charge in [0.15, 0.2) is 5.96 Å². The zero-order valence-electron chi connectivity index (χ0n) is 14.6. The van der Waals surface area contributed by atoms with E-state index in [9.17, 15) is 9.18 Å². The summed E-state index contributed by atoms with van der Waals surface area (Å²) >= 11 is 0. The topological polar surface area (TPSA) is 56.7 Å². The minimum atomic E-state index is -0.191. The summed E-state index contributed by atoms with van der Waals surface area (Å²) < 4.78 is 13.3. The van der Waals surface area contributed by atoms with Crippen LogP contribution in [-0.2, 0) is 11.3 Å². The molecule has 0 atom stereocenters. The molecule has 0 saturated carbocycles. The summed E-state index contributed by atoms with van der Waals surface area (Å²) in [6.07, 6.45) is 2.56. The molecular formula is C18H27FN4O. The third-order valence-corrected chi connectivity index (χ3v) is 4.05. The fourth-order valence-corrected chi connectivity index (χ4v) is 2.73. The molecule has 1 heterocycles. The molecule has 2 N–H and O–H groups in total. The van der Waals surface area contributed by atoms with Gasteiger partial charge in [-0.15, -0.1) is 0 Å². The highest BCUT2D eigenvalue weighted by Crippen LogP contribution is 2.10. The van der Waals surface area contributed by atoms with E-state index in [-0.39, 0.29) is 11.7 Å². The van der Waals surface area contributed by atoms with Gasteiger partial charge in [-0.05, 0) is 43.9 Å². The van der Waals surface area contributed by atoms with Crippen LogP contribution in [0.4, 0.5) is 4.39 Å². The number of nitrogens with zero attached hydrogens (tertiary/aromatic N) is 2. The molecule has 1 amide bonds. The van der Waals surface area contributed by atoms with Crippen LogP contribution >= 0.6 is 0 Å². The van der Waals surface area contributed by atoms with Crippen LogP contribution in [0.15, 0.2) is 23.2 Å². The number of hydrogen-bond donors (Lipinski definition) is 2. The van der Waals surface area contributed by atoms with E-state index in [1.54, 1.807) is 13.0 Å². The van der Waals surface area contributed by atoms with E-state index in [4.69, 9.17) is 0 Å². The van der Waals surface area contributed by atoms with Gasteiger partial charge in [0.05, 0.1) is 6.54 Å². The van der Waals surface area contributed by atoms with Gasteiger partial charge in [-0.3, -0.25) is 4.79 Å². The lowest BCUT2D eigenvalue weighted by Crippen LogP contribution is -2.39. The first-order valence-corrected chi connectivity index (χ1v) is 8.65. The molecule has 6 heteroatoms. The van der Waals surface area contributed by atoms with Gasteiger partial charge < -0.3 is 15.5 Å². The van der Waals surface area contributed by atoms with Crippen LogP contribution in [0.5, 0.6) is 0 Å². The Balaban J connectivity index is 1.79. The Hall–Kier alpha value is -2.11. The lowest BCUT2D eigenvalue weighted by Gasteiger charge is -2.16. The lowest BCUT2D eigenvalue weighted by atomic mass is 10.1. The fraction of sp³-hybridized carbons (Fsp3) is 0.556. The molecule has 0 aromatic heterocycles. The van der Waals surface area contributed by atoms with Gasteiger partial charge in [0, 0.05) is 32.6 Å². The first-order valence-electron chi connectivity index (χ1n) is 8.65. The summed E-state index contributed by atoms with van der Waals surface area (Å²) in [5.74, 6) is 0.818. The van der Waals surface area contributed by atoms with Gasteiger partial charge in [0.2, 0.25) is 5.91 Å². The molecule has 1 aliphatic rings. The first-order chi connectivity index (χ1) is 11.6. The van der Waals surface area contributed by atoms with Gasteiger partial charge >= 0.3 is 0 Å². The molecule has 0 unspecified atom stereocenters. The van der Waals surface area contributed by atoms with E-state index in [2.05, 4.69) is 15.6 Å². The maximum atomic E-state index is 13.3. The molecule has 1 aromatic carbocycles. The van der Waals surface area contributed by atoms with Gasteiger partial charge in [0.25, 0.3) is 0 Å². The summed E-state index contributed by atoms with van der Waals surface area (Å²) in [6, 6.07) is 5.06. The molecule has 0 spiro atoms. The van der Waals surface area contributed by atoms with Crippen LogP contribution in [0.3, 0.4) is 0 Å². The van der Waals surface area contributed by atoms with Crippen LogP contribution in [0.2, 0.25) is 0 Å². The third-order valence-electron chi connectivity index (χ3n) is 4.05. The molecule has 1 fully saturated rings. The minimum absolute atomic E-state index is 0.191. The first kappa shape index (κ1) is 18.2. The molecule has 0 aliphatic carbocycles. The fourth-order valence-electron chi connectivity index (χ4n) is 2.73. The van der Waals surface area contributed by atoms with Crippen molar-refractivity contribution < 1.29 is 9.18 Å². The number of likely N-dealkylation sites (tertiary alicyclic amines) is 1. The molecule has 1 aliphatic heterocycles. The van der Waals surface area contributed by atoms with Crippen molar-refractivity contribution in [2.24, 2.45) is 4.99 Å². The molecule has 1 saturated heterocycles. The number of amides is 1. The normalized spacial score (nSPS) is 15.0. The smallest absolute Gasteiger partial charge is 0.222 e. The van der Waals surface area contributed by atoms with E-state index in [1.165, 1.54) is 6.07 Å². The van der Waals surface area contributed by atoms with Crippen molar-refractivity contribution in [1.82, 2.24) is 15.5 Å². The summed E-state index contributed by atoms with van der Waals surface area (Å²) in [5, 5.41) is 6.48. The van der Waals surface area contributed by atoms with Crippen molar-refractivity contribution >= 4 is 11.9 Å². The molecule has 0 radical (unpaired) electrons. The van der Waals surface area contributed by atoms with Crippen molar-refractivity contribution in [3.63, 3.8) is 0 Å². The lowest BCUT2D eigenvalue weighted by molar-refractivity contribution is -0.127. The highest BCUT2D eigenvalue weighted by atomic mass is 19.1. The van der Waals surface area contributed by atoms with E-state index in [0.717, 1.165) is 50.5 Å². The highest BCUT2D eigenvalue weighted by molar-refractivity contribution is 5.79. The van der Waals surface area contributed by atoms with E-state index < -0.39 is 0 Å². The number of hydrogen-bond acceptors (Lipinski definition) is 2. The Labute approximate surface area is 143 Å². The largest absolute Gasteiger partial charge is 0.357 e. The summed E-state index contributed by atoms with van der Waals surface area (Å²) in [6.45, 7) is 7.49. The second-order valence-corrected chi connectivity index (χ2v) is 6.04. The van der Waals surface area contributed by atoms with Gasteiger partial charge in [-0.1, -0.05) is 12.1 Å². The molecule has 0 bridgehead atoms. The van der Waals surface area contributed by atoms with Crippen LogP contribution in [0, 0.1) is 12.7 Å². The Morgan fingerprint density at radius 1 is 1.38 bits per heavy atom. The summed E-state index contributed by atoms with van der Waals surface area (Å²) in [7, 11) is 0. The number of aliphatic imine (C=N–C) groups is 1. The van der Waals surface area contributed by atoms with Crippen molar-refractivity contribution in [2.45, 2.75) is 39.7 Å². The van der Waals surface area contributed by atoms with E-state index in [1.807, 2.05) is 17.9 Å². The van der Waals surface area contributed by atoms with Crippen LogP contribution < -0.4 is 10.6 Å². The Morgan fingerprint density at radius 3 is 2.88 bits per heavy atom. The maximum Gasteiger partial charge on any atom is 0.222 e. The number of guanidine groups is 1. The Kier molecular flexibility index (Phi) is 7.03. The molecule has 2 rings (SSSR count). The summed E-state index contributed by atoms with van der Waals surface area (Å²) in [4.78, 5) is 18.0. The predicted molar refractivity (Wildman–Crippen MR) is 94.4 cm³/mol. The molecule has 132 valence electrons. The van der Waals surface area contributed by atoms with Crippen molar-refractivity contribution in [1.29, 1.82) is 0 Å². The van der Waals surface area contributed by atoms with Crippen molar-refractivity contribution in [2.75, 3.05) is 26.2 Å². The Morgan fingerprint density at radius 2 is 2.21 bits per heavy atom. The molecule has 5 nitrogen and oxygen atoms in total. The van der Waals surface area contributed by atoms with Crippen LogP contribution in [0.25, 0.3) is 0 Å². The number of halogens is 1. The number of nitrogens with one attached hydrogen (secondary N) is 2. The molecular weight excluding hydrogens is 307 g/mol. The quantitative estimate of drug-likeness (QED) is 0.457. The van der Waals surface area contributed by atoms with E-state index in [0.29, 0.717) is 18.5 Å². The van der Waals surface area contributed by atoms with E-state index >= 15 is 0 Å². The number of carbonyl (C=O) groups excluding carboxylic acids is 1. The number of benzene rings is 1. The maximum absolute atomic E-state index is 13.3. The van der Waals surface area contributed by atoms with Crippen LogP contribution in [0.1, 0.15) is 37.3 Å². The zero-order valence-corrected chi connectivity index (χ0v) is 14.6. The zero-order chi connectivity index (χ0) is 17.4. The van der Waals surface area contributed by atoms with Gasteiger partial charge in [-0.2, -0.15) is 0 Å². The van der Waals surface area contributed by atoms with Gasteiger partial charge in [-0.25, -0.2) is 9.38 Å². The summed E-state index contributed by atoms with van der Waals surface area (Å²) in [5.41, 5.74) is 1.62. The van der Waals surface area contributed by atoms with Crippen molar-refractivity contribution in [3.8, 4) is 0 Å². The standard InChI is InChI=1S/C18H27FN4O/c1-3-20-18(21-9-5-11-23-10-4-6-17(23)24)22-13-15-7-8-16(19)14(2)12-15/h7-8,12H,3-6,9-11,13H2,1-2H3,(H2,20,21,22). The van der Waals surface area contributed by atoms with Crippen molar-refractivity contribution in [3.05, 3.63) is 35.1 Å². The molecule has 24 heavy (non-hydrogen) atoms. The second-order valence-electron chi connectivity index (χ2n) is 6.04. The Bertz CT molecular complexity index is 588. The average molecular weight is 334 g/mol. The monoisotopic (exact) mass is 334 g/mol. The average Bonchev–Trinajstić information content (AvgIpc) is 2.97.